The van der Waals surface area contributed by atoms with Crippen molar-refractivity contribution in [3.05, 3.63) is 30.1 Å². The summed E-state index contributed by atoms with van der Waals surface area (Å²) >= 11 is 0. The molecule has 1 aromatic heterocycles. The topological polar surface area (TPSA) is 28.2 Å². The third-order valence-corrected chi connectivity index (χ3v) is 3.28. The van der Waals surface area contributed by atoms with Crippen LogP contribution < -0.4 is 5.32 Å². The van der Waals surface area contributed by atoms with Crippen molar-refractivity contribution >= 4 is 0 Å². The number of rotatable bonds is 8. The Labute approximate surface area is 112 Å². The molecule has 0 aliphatic heterocycles. The maximum atomic E-state index is 4.40. The Bertz CT molecular complexity index is 311. The van der Waals surface area contributed by atoms with Crippen LogP contribution in [0.15, 0.2) is 24.4 Å². The molecule has 1 heterocycles. The summed E-state index contributed by atoms with van der Waals surface area (Å²) in [6.07, 6.45) is 1.87. The predicted molar refractivity (Wildman–Crippen MR) is 77.5 cm³/mol. The Hall–Kier alpha value is -0.930. The van der Waals surface area contributed by atoms with E-state index in [2.05, 4.69) is 55.0 Å². The minimum Gasteiger partial charge on any atom is -0.313 e. The van der Waals surface area contributed by atoms with E-state index in [9.17, 15) is 0 Å². The van der Waals surface area contributed by atoms with E-state index in [1.165, 1.54) is 0 Å². The monoisotopic (exact) mass is 249 g/mol. The largest absolute Gasteiger partial charge is 0.313 e. The number of pyridine rings is 1. The highest BCUT2D eigenvalue weighted by Gasteiger charge is 2.16. The Morgan fingerprint density at radius 3 is 2.56 bits per heavy atom. The first-order valence-corrected chi connectivity index (χ1v) is 7.03. The van der Waals surface area contributed by atoms with Crippen LogP contribution in [-0.2, 0) is 6.54 Å². The van der Waals surface area contributed by atoms with E-state index >= 15 is 0 Å². The summed E-state index contributed by atoms with van der Waals surface area (Å²) in [5.74, 6) is 0.655. The van der Waals surface area contributed by atoms with Crippen molar-refractivity contribution in [1.82, 2.24) is 15.2 Å². The highest BCUT2D eigenvalue weighted by molar-refractivity contribution is 5.03. The Balaban J connectivity index is 2.55. The minimum absolute atomic E-state index is 0.554. The molecule has 1 N–H and O–H groups in total. The zero-order valence-electron chi connectivity index (χ0n) is 12.2. The summed E-state index contributed by atoms with van der Waals surface area (Å²) in [7, 11) is 0. The smallest absolute Gasteiger partial charge is 0.0543 e. The number of nitrogens with zero attached hydrogens (tertiary/aromatic N) is 2. The number of aromatic nitrogens is 1. The van der Waals surface area contributed by atoms with Crippen molar-refractivity contribution in [2.24, 2.45) is 5.92 Å². The molecule has 0 saturated heterocycles. The molecule has 1 aromatic rings. The van der Waals surface area contributed by atoms with Gasteiger partial charge in [-0.2, -0.15) is 0 Å². The SMILES string of the molecule is CCNC(CN(CC)Cc1ccccn1)C(C)C. The number of nitrogens with one attached hydrogen (secondary N) is 1. The summed E-state index contributed by atoms with van der Waals surface area (Å²) in [6.45, 7) is 13.1. The molecule has 1 atom stereocenters. The lowest BCUT2D eigenvalue weighted by molar-refractivity contribution is 0.219. The highest BCUT2D eigenvalue weighted by Crippen LogP contribution is 2.07. The van der Waals surface area contributed by atoms with Crippen molar-refractivity contribution in [1.29, 1.82) is 0 Å². The number of hydrogen-bond acceptors (Lipinski definition) is 3. The fourth-order valence-electron chi connectivity index (χ4n) is 2.08. The van der Waals surface area contributed by atoms with Crippen LogP contribution in [0, 0.1) is 5.92 Å². The molecule has 0 radical (unpaired) electrons. The van der Waals surface area contributed by atoms with E-state index in [0.717, 1.165) is 31.9 Å². The second-order valence-electron chi connectivity index (χ2n) is 5.06. The van der Waals surface area contributed by atoms with Crippen LogP contribution >= 0.6 is 0 Å². The molecule has 1 rings (SSSR count). The van der Waals surface area contributed by atoms with Gasteiger partial charge in [0.15, 0.2) is 0 Å². The summed E-state index contributed by atoms with van der Waals surface area (Å²) in [6, 6.07) is 6.68. The van der Waals surface area contributed by atoms with Gasteiger partial charge in [0.1, 0.15) is 0 Å². The van der Waals surface area contributed by atoms with Gasteiger partial charge in [0.2, 0.25) is 0 Å². The molecule has 0 aliphatic rings. The van der Waals surface area contributed by atoms with Gasteiger partial charge in [0, 0.05) is 25.3 Å². The van der Waals surface area contributed by atoms with Gasteiger partial charge in [0.05, 0.1) is 5.69 Å². The van der Waals surface area contributed by atoms with E-state index in [-0.39, 0.29) is 0 Å². The lowest BCUT2D eigenvalue weighted by Gasteiger charge is -2.29. The lowest BCUT2D eigenvalue weighted by atomic mass is 10.0. The molecule has 0 fully saturated rings. The first-order chi connectivity index (χ1) is 8.67. The van der Waals surface area contributed by atoms with Crippen LogP contribution in [0.25, 0.3) is 0 Å². The van der Waals surface area contributed by atoms with Crippen LogP contribution in [0.4, 0.5) is 0 Å². The average molecular weight is 249 g/mol. The van der Waals surface area contributed by atoms with Crippen LogP contribution in [0.2, 0.25) is 0 Å². The average Bonchev–Trinajstić information content (AvgIpc) is 2.38. The predicted octanol–water partition coefficient (Wildman–Crippen LogP) is 2.54. The first-order valence-electron chi connectivity index (χ1n) is 7.03. The van der Waals surface area contributed by atoms with Crippen molar-refractivity contribution in [2.45, 2.75) is 40.3 Å². The first kappa shape index (κ1) is 15.1. The van der Waals surface area contributed by atoms with Gasteiger partial charge in [-0.1, -0.05) is 33.8 Å². The molecule has 0 aromatic carbocycles. The second kappa shape index (κ2) is 8.22. The molecule has 0 saturated carbocycles. The molecule has 0 aliphatic carbocycles. The number of hydrogen-bond donors (Lipinski definition) is 1. The number of likely N-dealkylation sites (N-methyl/N-ethyl adjacent to an activating group) is 2. The maximum Gasteiger partial charge on any atom is 0.0543 e. The molecular formula is C15H27N3. The third-order valence-electron chi connectivity index (χ3n) is 3.28. The summed E-state index contributed by atoms with van der Waals surface area (Å²) in [4.78, 5) is 6.86. The van der Waals surface area contributed by atoms with Crippen molar-refractivity contribution in [2.75, 3.05) is 19.6 Å². The van der Waals surface area contributed by atoms with E-state index in [0.29, 0.717) is 12.0 Å². The molecule has 102 valence electrons. The van der Waals surface area contributed by atoms with Crippen LogP contribution in [0.5, 0.6) is 0 Å². The normalized spacial score (nSPS) is 13.2. The fraction of sp³-hybridized carbons (Fsp3) is 0.667. The van der Waals surface area contributed by atoms with E-state index in [1.807, 2.05) is 12.3 Å². The minimum atomic E-state index is 0.554. The Kier molecular flexibility index (Phi) is 6.91. The molecule has 0 amide bonds. The van der Waals surface area contributed by atoms with Gasteiger partial charge >= 0.3 is 0 Å². The van der Waals surface area contributed by atoms with Crippen LogP contribution in [0.1, 0.15) is 33.4 Å². The van der Waals surface area contributed by atoms with Gasteiger partial charge in [-0.25, -0.2) is 0 Å². The zero-order chi connectivity index (χ0) is 13.4. The maximum absolute atomic E-state index is 4.40. The summed E-state index contributed by atoms with van der Waals surface area (Å²) in [5.41, 5.74) is 1.15. The quantitative estimate of drug-likeness (QED) is 0.767. The third kappa shape index (κ3) is 5.15. The second-order valence-corrected chi connectivity index (χ2v) is 5.06. The Morgan fingerprint density at radius 1 is 1.28 bits per heavy atom. The van der Waals surface area contributed by atoms with Crippen molar-refractivity contribution in [3.8, 4) is 0 Å². The van der Waals surface area contributed by atoms with Gasteiger partial charge in [-0.3, -0.25) is 9.88 Å². The van der Waals surface area contributed by atoms with Gasteiger partial charge in [-0.15, -0.1) is 0 Å². The Morgan fingerprint density at radius 2 is 2.06 bits per heavy atom. The lowest BCUT2D eigenvalue weighted by Crippen LogP contribution is -2.44. The van der Waals surface area contributed by atoms with Crippen LogP contribution in [0.3, 0.4) is 0 Å². The van der Waals surface area contributed by atoms with Crippen LogP contribution in [-0.4, -0.2) is 35.6 Å². The van der Waals surface area contributed by atoms with Gasteiger partial charge in [-0.05, 0) is 31.1 Å². The van der Waals surface area contributed by atoms with Gasteiger partial charge < -0.3 is 5.32 Å². The summed E-state index contributed by atoms with van der Waals surface area (Å²) < 4.78 is 0. The van der Waals surface area contributed by atoms with E-state index in [1.54, 1.807) is 0 Å². The van der Waals surface area contributed by atoms with E-state index < -0.39 is 0 Å². The molecule has 0 bridgehead atoms. The standard InChI is InChI=1S/C15H27N3/c1-5-16-15(13(3)4)12-18(6-2)11-14-9-7-8-10-17-14/h7-10,13,15-16H,5-6,11-12H2,1-4H3. The molecular weight excluding hydrogens is 222 g/mol. The molecule has 0 spiro atoms. The zero-order valence-corrected chi connectivity index (χ0v) is 12.2. The molecule has 3 nitrogen and oxygen atoms in total. The fourth-order valence-corrected chi connectivity index (χ4v) is 2.08. The molecule has 3 heteroatoms. The molecule has 1 unspecified atom stereocenters. The highest BCUT2D eigenvalue weighted by atomic mass is 15.2. The van der Waals surface area contributed by atoms with Crippen molar-refractivity contribution < 1.29 is 0 Å². The van der Waals surface area contributed by atoms with Crippen molar-refractivity contribution in [3.63, 3.8) is 0 Å². The molecule has 18 heavy (non-hydrogen) atoms. The van der Waals surface area contributed by atoms with E-state index in [4.69, 9.17) is 0 Å². The van der Waals surface area contributed by atoms with Gasteiger partial charge in [0.25, 0.3) is 0 Å². The summed E-state index contributed by atoms with van der Waals surface area (Å²) in [5, 5.41) is 3.57.